The number of aromatic amines is 2. The van der Waals surface area contributed by atoms with Gasteiger partial charge in [-0.15, -0.1) is 20.4 Å². The molecule has 0 saturated carbocycles. The van der Waals surface area contributed by atoms with Gasteiger partial charge in [0.25, 0.3) is 11.9 Å². The summed E-state index contributed by atoms with van der Waals surface area (Å²) in [4.78, 5) is 7.37. The predicted molar refractivity (Wildman–Crippen MR) is 45.8 cm³/mol. The number of nitrogens with two attached hydrogens (primary N) is 2. The Morgan fingerprint density at radius 2 is 1.29 bits per heavy atom. The van der Waals surface area contributed by atoms with Gasteiger partial charge in [-0.2, -0.15) is 9.97 Å². The van der Waals surface area contributed by atoms with Gasteiger partial charge in [0.05, 0.1) is 0 Å². The van der Waals surface area contributed by atoms with Crippen molar-refractivity contribution in [3.05, 3.63) is 0 Å². The number of nitrogens with one attached hydrogen (secondary N) is 2. The molecule has 0 spiro atoms. The molecule has 0 aliphatic carbocycles. The maximum absolute atomic E-state index is 5.26. The minimum absolute atomic E-state index is 0.103. The van der Waals surface area contributed by atoms with Gasteiger partial charge in [0.1, 0.15) is 0 Å². The van der Waals surface area contributed by atoms with E-state index in [4.69, 9.17) is 11.5 Å². The predicted octanol–water partition coefficient (Wildman–Crippen LogP) is -0.497. The molecule has 0 atom stereocenters. The molecule has 0 aliphatic rings. The first-order valence-electron chi connectivity index (χ1n) is 3.51. The van der Waals surface area contributed by atoms with Gasteiger partial charge < -0.3 is 11.5 Å². The third-order valence-corrected chi connectivity index (χ3v) is 1.21. The molecule has 0 bridgehead atoms. The van der Waals surface area contributed by atoms with E-state index >= 15 is 0 Å². The summed E-state index contributed by atoms with van der Waals surface area (Å²) in [5.41, 5.74) is 10.5. The van der Waals surface area contributed by atoms with Crippen LogP contribution in [0.3, 0.4) is 0 Å². The monoisotopic (exact) mass is 194 g/mol. The van der Waals surface area contributed by atoms with E-state index in [9.17, 15) is 0 Å². The Labute approximate surface area is 76.8 Å². The van der Waals surface area contributed by atoms with Crippen LogP contribution < -0.4 is 11.5 Å². The summed E-state index contributed by atoms with van der Waals surface area (Å²) in [6.07, 6.45) is 0. The van der Waals surface area contributed by atoms with Crippen LogP contribution in [0.1, 0.15) is 0 Å². The Hall–Kier alpha value is -2.52. The minimum Gasteiger partial charge on any atom is -0.368 e. The normalized spacial score (nSPS) is 11.1. The smallest absolute Gasteiger partial charge is 0.289 e. The molecule has 0 radical (unpaired) electrons. The molecule has 72 valence electrons. The van der Waals surface area contributed by atoms with E-state index in [1.807, 2.05) is 0 Å². The fourth-order valence-electron chi connectivity index (χ4n) is 0.709. The summed E-state index contributed by atoms with van der Waals surface area (Å²) in [6.45, 7) is 0. The van der Waals surface area contributed by atoms with E-state index in [0.717, 1.165) is 0 Å². The molecule has 0 amide bonds. The highest BCUT2D eigenvalue weighted by Gasteiger charge is 1.99. The molecule has 10 nitrogen and oxygen atoms in total. The fourth-order valence-corrected chi connectivity index (χ4v) is 0.709. The van der Waals surface area contributed by atoms with Gasteiger partial charge in [0.15, 0.2) is 0 Å². The van der Waals surface area contributed by atoms with Crippen LogP contribution in [-0.2, 0) is 0 Å². The number of H-pyrrole nitrogens is 2. The van der Waals surface area contributed by atoms with Gasteiger partial charge in [-0.25, -0.2) is 10.2 Å². The summed E-state index contributed by atoms with van der Waals surface area (Å²) in [5, 5.41) is 19.2. The second-order valence-corrected chi connectivity index (χ2v) is 2.24. The van der Waals surface area contributed by atoms with E-state index in [1.165, 1.54) is 0 Å². The second-order valence-electron chi connectivity index (χ2n) is 2.24. The number of rotatable bonds is 2. The van der Waals surface area contributed by atoms with Gasteiger partial charge in [-0.3, -0.25) is 0 Å². The molecule has 0 saturated heterocycles. The molecule has 14 heavy (non-hydrogen) atoms. The van der Waals surface area contributed by atoms with E-state index in [-0.39, 0.29) is 23.8 Å². The zero-order valence-corrected chi connectivity index (χ0v) is 6.84. The lowest BCUT2D eigenvalue weighted by atomic mass is 11.0. The van der Waals surface area contributed by atoms with E-state index in [2.05, 4.69) is 40.6 Å². The average Bonchev–Trinajstić information content (AvgIpc) is 2.72. The zero-order chi connectivity index (χ0) is 9.97. The van der Waals surface area contributed by atoms with Crippen LogP contribution in [0.5, 0.6) is 0 Å². The Morgan fingerprint density at radius 3 is 1.57 bits per heavy atom. The van der Waals surface area contributed by atoms with Crippen molar-refractivity contribution in [1.29, 1.82) is 0 Å². The molecule has 2 aromatic heterocycles. The summed E-state index contributed by atoms with van der Waals surface area (Å²) < 4.78 is 0. The van der Waals surface area contributed by atoms with Gasteiger partial charge in [-0.1, -0.05) is 0 Å². The average molecular weight is 194 g/mol. The summed E-state index contributed by atoms with van der Waals surface area (Å²) in [7, 11) is 0. The van der Waals surface area contributed by atoms with Gasteiger partial charge in [0, 0.05) is 0 Å². The van der Waals surface area contributed by atoms with Crippen molar-refractivity contribution in [1.82, 2.24) is 30.4 Å². The number of nitrogen functional groups attached to an aromatic ring is 2. The van der Waals surface area contributed by atoms with E-state index < -0.39 is 0 Å². The molecular weight excluding hydrogens is 188 g/mol. The number of azo groups is 1. The molecule has 0 unspecified atom stereocenters. The number of hydrogen-bond acceptors (Lipinski definition) is 8. The molecule has 2 rings (SSSR count). The molecule has 2 heterocycles. The first-order valence-corrected chi connectivity index (χ1v) is 3.51. The van der Waals surface area contributed by atoms with Gasteiger partial charge in [-0.05, 0) is 0 Å². The lowest BCUT2D eigenvalue weighted by molar-refractivity contribution is 1.01. The molecule has 0 aromatic carbocycles. The van der Waals surface area contributed by atoms with Crippen LogP contribution in [0.15, 0.2) is 10.2 Å². The molecule has 2 aromatic rings. The zero-order valence-electron chi connectivity index (χ0n) is 6.84. The van der Waals surface area contributed by atoms with Crippen LogP contribution in [0.2, 0.25) is 0 Å². The largest absolute Gasteiger partial charge is 0.368 e. The minimum atomic E-state index is 0.103. The number of hydrogen-bond donors (Lipinski definition) is 4. The van der Waals surface area contributed by atoms with Crippen molar-refractivity contribution in [2.24, 2.45) is 10.2 Å². The van der Waals surface area contributed by atoms with Crippen molar-refractivity contribution in [2.45, 2.75) is 0 Å². The third kappa shape index (κ3) is 1.63. The topological polar surface area (TPSA) is 160 Å². The molecule has 6 N–H and O–H groups in total. The first-order chi connectivity index (χ1) is 6.74. The van der Waals surface area contributed by atoms with Gasteiger partial charge in [0.2, 0.25) is 11.9 Å². The standard InChI is InChI=1S/C4H6N10/c5-1-7-3(11-9-1)13-14-4-8-2(6)10-12-4/h(H3,5,7,9,11)(H3,6,8,10,12). The molecule has 0 fully saturated rings. The third-order valence-electron chi connectivity index (χ3n) is 1.21. The summed E-state index contributed by atoms with van der Waals surface area (Å²) in [6, 6.07) is 0. The van der Waals surface area contributed by atoms with Crippen molar-refractivity contribution in [2.75, 3.05) is 11.5 Å². The van der Waals surface area contributed by atoms with Crippen LogP contribution in [-0.4, -0.2) is 30.4 Å². The van der Waals surface area contributed by atoms with Crippen molar-refractivity contribution in [3.63, 3.8) is 0 Å². The molecule has 0 aliphatic heterocycles. The second kappa shape index (κ2) is 3.08. The maximum Gasteiger partial charge on any atom is 0.289 e. The Morgan fingerprint density at radius 1 is 0.857 bits per heavy atom. The first kappa shape index (κ1) is 8.10. The fraction of sp³-hybridized carbons (Fsp3) is 0. The van der Waals surface area contributed by atoms with Crippen LogP contribution in [0.25, 0.3) is 0 Å². The highest BCUT2D eigenvalue weighted by Crippen LogP contribution is 2.10. The van der Waals surface area contributed by atoms with Crippen LogP contribution >= 0.6 is 0 Å². The van der Waals surface area contributed by atoms with Crippen molar-refractivity contribution >= 4 is 23.8 Å². The lowest BCUT2D eigenvalue weighted by Gasteiger charge is -1.77. The summed E-state index contributed by atoms with van der Waals surface area (Å²) >= 11 is 0. The van der Waals surface area contributed by atoms with Crippen LogP contribution in [0.4, 0.5) is 23.8 Å². The van der Waals surface area contributed by atoms with E-state index in [1.54, 1.807) is 0 Å². The molecule has 10 heteroatoms. The van der Waals surface area contributed by atoms with Crippen molar-refractivity contribution in [3.8, 4) is 0 Å². The van der Waals surface area contributed by atoms with Crippen molar-refractivity contribution < 1.29 is 0 Å². The molecular formula is C4H6N10. The lowest BCUT2D eigenvalue weighted by Crippen LogP contribution is -1.84. The Balaban J connectivity index is 2.14. The summed E-state index contributed by atoms with van der Waals surface area (Å²) in [5.74, 6) is 0.527. The number of aromatic nitrogens is 6. The number of anilines is 2. The van der Waals surface area contributed by atoms with Crippen LogP contribution in [0, 0.1) is 0 Å². The quantitative estimate of drug-likeness (QED) is 0.471. The Bertz CT molecular complexity index is 408. The Kier molecular flexibility index (Phi) is 1.78. The highest BCUT2D eigenvalue weighted by atomic mass is 15.4. The highest BCUT2D eigenvalue weighted by molar-refractivity contribution is 5.26. The maximum atomic E-state index is 5.26. The number of nitrogens with zero attached hydrogens (tertiary/aromatic N) is 6. The van der Waals surface area contributed by atoms with E-state index in [0.29, 0.717) is 0 Å². The van der Waals surface area contributed by atoms with Gasteiger partial charge >= 0.3 is 0 Å². The SMILES string of the molecule is Nc1nc(N=Nc2n[nH]c(N)n2)n[nH]1.